The summed E-state index contributed by atoms with van der Waals surface area (Å²) in [5.41, 5.74) is 5.91. The molecule has 7 aromatic carbocycles. The monoisotopic (exact) mass is 675 g/mol. The second kappa shape index (κ2) is 10.9. The van der Waals surface area contributed by atoms with E-state index in [-0.39, 0.29) is 23.5 Å². The van der Waals surface area contributed by atoms with Crippen LogP contribution in [0.4, 0.5) is 0 Å². The Bertz CT molecular complexity index is 3380. The molecule has 0 saturated heterocycles. The molecule has 11 rings (SSSR count). The summed E-state index contributed by atoms with van der Waals surface area (Å²) in [6, 6.07) is 40.9. The van der Waals surface area contributed by atoms with Crippen LogP contribution in [0.5, 0.6) is 0 Å². The van der Waals surface area contributed by atoms with Gasteiger partial charge in [-0.15, -0.1) is 11.3 Å². The molecule has 4 heterocycles. The molecule has 0 atom stereocenters. The fourth-order valence-corrected chi connectivity index (χ4v) is 8.36. The predicted octanol–water partition coefficient (Wildman–Crippen LogP) is 12.2. The lowest BCUT2D eigenvalue weighted by Crippen LogP contribution is -2.00. The van der Waals surface area contributed by atoms with Crippen molar-refractivity contribution in [2.24, 2.45) is 0 Å². The number of furan rings is 1. The van der Waals surface area contributed by atoms with E-state index in [9.17, 15) is 0 Å². The molecule has 0 amide bonds. The largest absolute Gasteiger partial charge is 0.456 e. The highest BCUT2D eigenvalue weighted by Crippen LogP contribution is 2.38. The van der Waals surface area contributed by atoms with Crippen molar-refractivity contribution in [3.05, 3.63) is 158 Å². The summed E-state index contributed by atoms with van der Waals surface area (Å²) in [6.45, 7) is 0. The van der Waals surface area contributed by atoms with Gasteiger partial charge < -0.3 is 8.98 Å². The van der Waals surface area contributed by atoms with E-state index in [0.29, 0.717) is 28.4 Å². The van der Waals surface area contributed by atoms with E-state index in [4.69, 9.17) is 26.2 Å². The number of para-hydroxylation sites is 2. The van der Waals surface area contributed by atoms with Crippen molar-refractivity contribution in [1.82, 2.24) is 19.5 Å². The second-order valence-electron chi connectivity index (χ2n) is 12.5. The molecule has 0 aliphatic heterocycles. The van der Waals surface area contributed by atoms with Gasteiger partial charge in [0.25, 0.3) is 0 Å². The fraction of sp³-hybridized carbons (Fsp3) is 0. The van der Waals surface area contributed by atoms with Gasteiger partial charge in [0.2, 0.25) is 0 Å². The van der Waals surface area contributed by atoms with E-state index in [1.807, 2.05) is 48.5 Å². The molecular weight excluding hydrogens is 645 g/mol. The zero-order valence-electron chi connectivity index (χ0n) is 31.7. The van der Waals surface area contributed by atoms with Gasteiger partial charge in [0.05, 0.1) is 17.9 Å². The molecule has 4 aromatic heterocycles. The van der Waals surface area contributed by atoms with Crippen LogP contribution in [0.15, 0.2) is 162 Å². The smallest absolute Gasteiger partial charge is 0.164 e. The van der Waals surface area contributed by atoms with Crippen LogP contribution in [0.3, 0.4) is 0 Å². The van der Waals surface area contributed by atoms with Crippen LogP contribution in [-0.4, -0.2) is 19.5 Å². The van der Waals surface area contributed by atoms with Gasteiger partial charge in [-0.25, -0.2) is 15.0 Å². The van der Waals surface area contributed by atoms with E-state index in [2.05, 4.69) is 83.4 Å². The van der Waals surface area contributed by atoms with Crippen LogP contribution in [0.1, 0.15) is 6.85 Å². The minimum atomic E-state index is -0.481. The van der Waals surface area contributed by atoms with Crippen molar-refractivity contribution in [2.75, 3.05) is 0 Å². The molecule has 11 aromatic rings. The summed E-state index contributed by atoms with van der Waals surface area (Å²) in [7, 11) is 0. The molecule has 0 aliphatic carbocycles. The molecular formula is C45H26N4OS. The lowest BCUT2D eigenvalue weighted by atomic mass is 10.1. The Labute approximate surface area is 302 Å². The highest BCUT2D eigenvalue weighted by Gasteiger charge is 2.17. The normalized spacial score (nSPS) is 13.3. The number of benzene rings is 7. The van der Waals surface area contributed by atoms with Gasteiger partial charge in [0.1, 0.15) is 11.2 Å². The molecule has 0 bridgehead atoms. The zero-order valence-corrected chi connectivity index (χ0v) is 27.5. The molecule has 0 radical (unpaired) electrons. The minimum absolute atomic E-state index is 0.00997. The summed E-state index contributed by atoms with van der Waals surface area (Å²) in [4.78, 5) is 14.6. The van der Waals surface area contributed by atoms with E-state index in [1.165, 1.54) is 10.8 Å². The van der Waals surface area contributed by atoms with Gasteiger partial charge in [0.15, 0.2) is 17.5 Å². The molecule has 0 fully saturated rings. The Kier molecular flexibility index (Phi) is 5.08. The standard InChI is InChI=1S/C45H26N4OS/c1-2-10-27(11-3-1)43-46-44(48-45(47-43)29-18-21-34-33-14-6-9-17-41(33)51-42(34)25-29)28-19-22-39-35(24-28)36-26-30(20-23-40(36)50-39)49-37-15-7-4-12-31(37)32-13-5-8-16-38(32)49/h1-26H/i1D,2D,3D,10D,11D. The first-order chi connectivity index (χ1) is 27.3. The highest BCUT2D eigenvalue weighted by molar-refractivity contribution is 7.25. The summed E-state index contributed by atoms with van der Waals surface area (Å²) >= 11 is 1.67. The van der Waals surface area contributed by atoms with Crippen molar-refractivity contribution in [1.29, 1.82) is 0 Å². The lowest BCUT2D eigenvalue weighted by Gasteiger charge is -2.09. The Hall–Kier alpha value is -6.63. The number of thiophene rings is 1. The lowest BCUT2D eigenvalue weighted by molar-refractivity contribution is 0.669. The Morgan fingerprint density at radius 3 is 1.78 bits per heavy atom. The number of fused-ring (bicyclic) bond motifs is 9. The molecule has 0 unspecified atom stereocenters. The fourth-order valence-electron chi connectivity index (χ4n) is 7.22. The van der Waals surface area contributed by atoms with Crippen molar-refractivity contribution in [3.63, 3.8) is 0 Å². The summed E-state index contributed by atoms with van der Waals surface area (Å²) in [5.74, 6) is 0.606. The van der Waals surface area contributed by atoms with Gasteiger partial charge in [0, 0.05) is 64.1 Å². The van der Waals surface area contributed by atoms with Crippen LogP contribution in [0.2, 0.25) is 0 Å². The van der Waals surface area contributed by atoms with E-state index >= 15 is 0 Å². The first-order valence-electron chi connectivity index (χ1n) is 19.0. The topological polar surface area (TPSA) is 56.7 Å². The van der Waals surface area contributed by atoms with E-state index in [0.717, 1.165) is 53.2 Å². The third-order valence-corrected chi connectivity index (χ3v) is 10.7. The molecule has 0 spiro atoms. The van der Waals surface area contributed by atoms with Crippen LogP contribution >= 0.6 is 11.3 Å². The van der Waals surface area contributed by atoms with Gasteiger partial charge >= 0.3 is 0 Å². The number of nitrogens with zero attached hydrogens (tertiary/aromatic N) is 4. The van der Waals surface area contributed by atoms with Gasteiger partial charge in [-0.05, 0) is 60.7 Å². The SMILES string of the molecule is [2H]c1c([2H])c([2H])c(-c2nc(-c3ccc4c(c3)sc3ccccc34)nc(-c3ccc4oc5ccc(-n6c7ccccc7c7ccccc76)cc5c4c3)n2)c([2H])c1[2H]. The average molecular weight is 676 g/mol. The van der Waals surface area contributed by atoms with Crippen LogP contribution in [-0.2, 0) is 0 Å². The average Bonchev–Trinajstić information content (AvgIpc) is 3.91. The van der Waals surface area contributed by atoms with E-state index < -0.39 is 18.1 Å². The Morgan fingerprint density at radius 1 is 0.471 bits per heavy atom. The van der Waals surface area contributed by atoms with Crippen LogP contribution in [0, 0.1) is 0 Å². The first-order valence-corrected chi connectivity index (χ1v) is 17.3. The van der Waals surface area contributed by atoms with Gasteiger partial charge in [-0.1, -0.05) is 96.9 Å². The maximum atomic E-state index is 8.76. The maximum Gasteiger partial charge on any atom is 0.164 e. The maximum absolute atomic E-state index is 8.76. The van der Waals surface area contributed by atoms with Crippen molar-refractivity contribution < 1.29 is 11.3 Å². The molecule has 238 valence electrons. The molecule has 0 saturated carbocycles. The quantitative estimate of drug-likeness (QED) is 0.186. The molecule has 51 heavy (non-hydrogen) atoms. The Morgan fingerprint density at radius 2 is 1.04 bits per heavy atom. The second-order valence-corrected chi connectivity index (χ2v) is 13.6. The molecule has 0 aliphatic rings. The van der Waals surface area contributed by atoms with Gasteiger partial charge in [-0.2, -0.15) is 0 Å². The van der Waals surface area contributed by atoms with Crippen molar-refractivity contribution >= 4 is 75.3 Å². The molecule has 6 heteroatoms. The van der Waals surface area contributed by atoms with Crippen LogP contribution < -0.4 is 0 Å². The number of hydrogen-bond donors (Lipinski definition) is 0. The first kappa shape index (κ1) is 23.7. The van der Waals surface area contributed by atoms with Crippen molar-refractivity contribution in [3.8, 4) is 39.9 Å². The van der Waals surface area contributed by atoms with Gasteiger partial charge in [-0.3, -0.25) is 0 Å². The third-order valence-electron chi connectivity index (χ3n) is 9.55. The number of aromatic nitrogens is 4. The Balaban J connectivity index is 1.12. The summed E-state index contributed by atoms with van der Waals surface area (Å²) in [6.07, 6.45) is 0. The van der Waals surface area contributed by atoms with Crippen molar-refractivity contribution in [2.45, 2.75) is 0 Å². The predicted molar refractivity (Wildman–Crippen MR) is 211 cm³/mol. The minimum Gasteiger partial charge on any atom is -0.456 e. The molecule has 5 nitrogen and oxygen atoms in total. The third kappa shape index (κ3) is 4.43. The summed E-state index contributed by atoms with van der Waals surface area (Å²) in [5, 5.41) is 6.41. The summed E-state index contributed by atoms with van der Waals surface area (Å²) < 4.78 is 53.3. The number of rotatable bonds is 4. The number of hydrogen-bond acceptors (Lipinski definition) is 5. The highest BCUT2D eigenvalue weighted by atomic mass is 32.1. The zero-order chi connectivity index (χ0) is 37.8. The van der Waals surface area contributed by atoms with E-state index in [1.54, 1.807) is 11.3 Å². The molecule has 0 N–H and O–H groups in total. The van der Waals surface area contributed by atoms with Crippen LogP contribution in [0.25, 0.3) is 104 Å².